The predicted octanol–water partition coefficient (Wildman–Crippen LogP) is 0.891. The average Bonchev–Trinajstić information content (AvgIpc) is 3.72. The van der Waals surface area contributed by atoms with Gasteiger partial charge in [-0.3, -0.25) is 13.7 Å². The summed E-state index contributed by atoms with van der Waals surface area (Å²) in [5, 5.41) is 22.4. The van der Waals surface area contributed by atoms with Gasteiger partial charge in [-0.1, -0.05) is 12.1 Å². The number of anilines is 1. The minimum Gasteiger partial charge on any atom is -0.397 e. The van der Waals surface area contributed by atoms with Crippen molar-refractivity contribution in [2.24, 2.45) is 0 Å². The lowest BCUT2D eigenvalue weighted by Gasteiger charge is -2.28. The van der Waals surface area contributed by atoms with E-state index in [9.17, 15) is 19.7 Å². The molecule has 3 aliphatic heterocycles. The maximum absolute atomic E-state index is 13.3. The Labute approximate surface area is 249 Å². The molecule has 0 saturated carbocycles. The molecule has 0 aliphatic carbocycles. The van der Waals surface area contributed by atoms with E-state index in [2.05, 4.69) is 15.0 Å². The standard InChI is InChI=1S/C23H25BN6O10P2S/c24-41(33)35-7-14-17(31)20(23(37-14)30-10-28-16-11(25)5-6-26-21(16)30)40-42(34,43)36-8-15-19(39-41)18(32)22(38-15)29-9-27-12-3-1-2-4-13(12)29/h1-6,9-10,14-15,17-20,22-23,31-32H,7-8H2,(H2,25,26)(H,34,43)/t14-,15-,17+,18?,19+,20?,22-,23-,41?,42?/m1/s1. The molecule has 3 fully saturated rings. The number of rotatable bonds is 2. The van der Waals surface area contributed by atoms with Crippen molar-refractivity contribution in [1.29, 1.82) is 0 Å². The Kier molecular flexibility index (Phi) is 7.48. The molecule has 1 aromatic carbocycles. The molecule has 3 aliphatic rings. The first-order valence-electron chi connectivity index (χ1n) is 13.0. The zero-order valence-corrected chi connectivity index (χ0v) is 24.6. The molecular formula is C23H25BN6O10P2S. The van der Waals surface area contributed by atoms with Crippen molar-refractivity contribution in [3.8, 4) is 0 Å². The normalized spacial score (nSPS) is 38.9. The summed E-state index contributed by atoms with van der Waals surface area (Å²) in [5.74, 6) is 0. The van der Waals surface area contributed by atoms with Crippen LogP contribution in [0.4, 0.5) is 5.69 Å². The van der Waals surface area contributed by atoms with Gasteiger partial charge in [-0.05, 0) is 30.0 Å². The number of hydrogen-bond donors (Lipinski definition) is 4. The Hall–Kier alpha value is -2.31. The zero-order chi connectivity index (χ0) is 30.1. The second-order valence-corrected chi connectivity index (χ2v) is 14.6. The Bertz CT molecular complexity index is 1780. The summed E-state index contributed by atoms with van der Waals surface area (Å²) in [6.45, 7) is -5.12. The molecule has 226 valence electrons. The molecule has 2 radical (unpaired) electrons. The number of hydrogen-bond acceptors (Lipinski definition) is 14. The Morgan fingerprint density at radius 2 is 1.67 bits per heavy atom. The number of aliphatic hydroxyl groups excluding tert-OH is 2. The smallest absolute Gasteiger partial charge is 0.325 e. The van der Waals surface area contributed by atoms with Crippen LogP contribution in [0.15, 0.2) is 49.2 Å². The van der Waals surface area contributed by atoms with E-state index in [1.807, 2.05) is 6.07 Å². The first-order chi connectivity index (χ1) is 20.5. The summed E-state index contributed by atoms with van der Waals surface area (Å²) in [5.41, 5.74) is 8.35. The van der Waals surface area contributed by atoms with E-state index in [4.69, 9.17) is 52.7 Å². The van der Waals surface area contributed by atoms with E-state index >= 15 is 0 Å². The van der Waals surface area contributed by atoms with E-state index in [0.29, 0.717) is 27.9 Å². The number of benzene rings is 1. The van der Waals surface area contributed by atoms with Crippen molar-refractivity contribution in [2.45, 2.75) is 49.1 Å². The number of para-hydroxylation sites is 2. The van der Waals surface area contributed by atoms with Crippen LogP contribution in [0.25, 0.3) is 22.2 Å². The summed E-state index contributed by atoms with van der Waals surface area (Å²) >= 11 is 5.29. The lowest BCUT2D eigenvalue weighted by atomic mass is 10.1. The fourth-order valence-corrected chi connectivity index (χ4v) is 7.89. The lowest BCUT2D eigenvalue weighted by molar-refractivity contribution is -0.0594. The molecule has 20 heteroatoms. The van der Waals surface area contributed by atoms with Gasteiger partial charge >= 0.3 is 6.72 Å². The largest absolute Gasteiger partial charge is 0.397 e. The highest BCUT2D eigenvalue weighted by Gasteiger charge is 2.52. The molecule has 16 nitrogen and oxygen atoms in total. The van der Waals surface area contributed by atoms with Gasteiger partial charge in [0.2, 0.25) is 7.57 Å². The Morgan fingerprint density at radius 3 is 2.51 bits per heavy atom. The first-order valence-corrected chi connectivity index (χ1v) is 17.2. The van der Waals surface area contributed by atoms with Crippen LogP contribution < -0.4 is 5.73 Å². The van der Waals surface area contributed by atoms with Crippen molar-refractivity contribution >= 4 is 61.5 Å². The zero-order valence-electron chi connectivity index (χ0n) is 22.0. The minimum absolute atomic E-state index is 0.308. The summed E-state index contributed by atoms with van der Waals surface area (Å²) < 4.78 is 50.9. The van der Waals surface area contributed by atoms with Gasteiger partial charge in [0.15, 0.2) is 18.1 Å². The lowest BCUT2D eigenvalue weighted by Crippen LogP contribution is -2.36. The number of pyridine rings is 1. The first kappa shape index (κ1) is 29.4. The van der Waals surface area contributed by atoms with Crippen molar-refractivity contribution in [3.05, 3.63) is 49.2 Å². The molecule has 4 unspecified atom stereocenters. The van der Waals surface area contributed by atoms with Gasteiger partial charge < -0.3 is 48.5 Å². The van der Waals surface area contributed by atoms with E-state index in [1.54, 1.807) is 28.8 Å². The molecule has 0 spiro atoms. The average molecular weight is 650 g/mol. The number of nitrogen functional groups attached to an aromatic ring is 1. The van der Waals surface area contributed by atoms with Crippen molar-refractivity contribution in [1.82, 2.24) is 24.1 Å². The van der Waals surface area contributed by atoms with Crippen molar-refractivity contribution in [3.63, 3.8) is 0 Å². The molecule has 7 rings (SSSR count). The molecule has 3 aromatic heterocycles. The third-order valence-electron chi connectivity index (χ3n) is 7.49. The molecule has 43 heavy (non-hydrogen) atoms. The summed E-state index contributed by atoms with van der Waals surface area (Å²) in [4.78, 5) is 24.0. The highest BCUT2D eigenvalue weighted by atomic mass is 32.5. The number of ether oxygens (including phenoxy) is 2. The molecule has 3 saturated heterocycles. The van der Waals surface area contributed by atoms with Gasteiger partial charge in [0.25, 0.3) is 7.47 Å². The van der Waals surface area contributed by atoms with Gasteiger partial charge in [0, 0.05) is 6.20 Å². The molecule has 10 atom stereocenters. The van der Waals surface area contributed by atoms with Gasteiger partial charge in [-0.2, -0.15) is 0 Å². The Morgan fingerprint density at radius 1 is 0.930 bits per heavy atom. The Balaban J connectivity index is 1.20. The number of nitrogens with zero attached hydrogens (tertiary/aromatic N) is 5. The molecule has 0 amide bonds. The fourth-order valence-electron chi connectivity index (χ4n) is 5.46. The van der Waals surface area contributed by atoms with Gasteiger partial charge in [-0.25, -0.2) is 15.0 Å². The van der Waals surface area contributed by atoms with Crippen molar-refractivity contribution in [2.75, 3.05) is 18.9 Å². The summed E-state index contributed by atoms with van der Waals surface area (Å²) in [7, 11) is 1.53. The third kappa shape index (κ3) is 5.35. The number of aromatic nitrogens is 5. The summed E-state index contributed by atoms with van der Waals surface area (Å²) in [6, 6.07) is 8.76. The number of fused-ring (bicyclic) bond motifs is 5. The molecule has 5 N–H and O–H groups in total. The van der Waals surface area contributed by atoms with Crippen LogP contribution >= 0.6 is 14.2 Å². The molecule has 6 heterocycles. The SMILES string of the molecule is [B]P1(=O)OC[C@H]2O[C@@H](n3cnc4c(N)ccnc43)C(OP(O)(=S)OC[C@H]3O[C@@H](n4cnc5ccccc54)C(O)[C@H]3O1)[C@H]2O. The second-order valence-electron chi connectivity index (χ2n) is 10.2. The quantitative estimate of drug-likeness (QED) is 0.176. The highest BCUT2D eigenvalue weighted by Crippen LogP contribution is 2.53. The second kappa shape index (κ2) is 10.9. The number of nitrogens with two attached hydrogens (primary N) is 1. The third-order valence-corrected chi connectivity index (χ3v) is 10.1. The maximum Gasteiger partial charge on any atom is 0.325 e. The van der Waals surface area contributed by atoms with Crippen LogP contribution in [0.5, 0.6) is 0 Å². The fraction of sp³-hybridized carbons (Fsp3) is 0.435. The van der Waals surface area contributed by atoms with Gasteiger partial charge in [0.05, 0.1) is 42.6 Å². The van der Waals surface area contributed by atoms with E-state index in [-0.39, 0.29) is 0 Å². The molecular weight excluding hydrogens is 625 g/mol. The number of imidazole rings is 2. The van der Waals surface area contributed by atoms with Gasteiger partial charge in [0.1, 0.15) is 42.1 Å². The van der Waals surface area contributed by atoms with Crippen LogP contribution in [0, 0.1) is 0 Å². The van der Waals surface area contributed by atoms with E-state index in [0.717, 1.165) is 0 Å². The predicted molar refractivity (Wildman–Crippen MR) is 153 cm³/mol. The van der Waals surface area contributed by atoms with Gasteiger partial charge in [-0.15, -0.1) is 0 Å². The van der Waals surface area contributed by atoms with Crippen LogP contribution in [-0.4, -0.2) is 96.6 Å². The van der Waals surface area contributed by atoms with E-state index < -0.39 is 76.5 Å². The van der Waals surface area contributed by atoms with Crippen LogP contribution in [-0.2, 0) is 43.9 Å². The maximum atomic E-state index is 13.3. The van der Waals surface area contributed by atoms with E-state index in [1.165, 1.54) is 23.4 Å². The number of aliphatic hydroxyl groups is 2. The molecule has 4 aromatic rings. The molecule has 2 bridgehead atoms. The summed E-state index contributed by atoms with van der Waals surface area (Å²) in [6.07, 6.45) is -5.75. The van der Waals surface area contributed by atoms with Crippen LogP contribution in [0.3, 0.4) is 0 Å². The van der Waals surface area contributed by atoms with Crippen LogP contribution in [0.2, 0.25) is 0 Å². The highest BCUT2D eigenvalue weighted by molar-refractivity contribution is 8.07. The minimum atomic E-state index is -4.41. The monoisotopic (exact) mass is 650 g/mol. The van der Waals surface area contributed by atoms with Crippen LogP contribution in [0.1, 0.15) is 12.5 Å². The van der Waals surface area contributed by atoms with Crippen molar-refractivity contribution < 1.29 is 47.2 Å². The topological polar surface area (TPSA) is 208 Å².